The Morgan fingerprint density at radius 3 is 2.69 bits per heavy atom. The highest BCUT2D eigenvalue weighted by atomic mass is 16.6. The third-order valence-corrected chi connectivity index (χ3v) is 5.55. The average Bonchev–Trinajstić information content (AvgIpc) is 2.85. The summed E-state index contributed by atoms with van der Waals surface area (Å²) < 4.78 is 13.7. The molecular formula is C24H28N2O3. The van der Waals surface area contributed by atoms with Crippen molar-refractivity contribution in [3.8, 4) is 16.9 Å². The van der Waals surface area contributed by atoms with Crippen LogP contribution in [0.25, 0.3) is 22.0 Å². The number of carbonyl (C=O) groups is 1. The maximum atomic E-state index is 12.2. The number of aromatic nitrogens is 2. The molecule has 5 nitrogen and oxygen atoms in total. The molecule has 0 saturated carbocycles. The second-order valence-corrected chi connectivity index (χ2v) is 8.03. The molecule has 0 atom stereocenters. The lowest BCUT2D eigenvalue weighted by Gasteiger charge is -2.24. The molecule has 4 rings (SSSR count). The number of esters is 1. The van der Waals surface area contributed by atoms with Crippen molar-refractivity contribution < 1.29 is 14.3 Å². The van der Waals surface area contributed by atoms with Crippen LogP contribution in [-0.2, 0) is 22.5 Å². The molecule has 152 valence electrons. The Bertz CT molecular complexity index is 1020. The van der Waals surface area contributed by atoms with Crippen LogP contribution in [0.5, 0.6) is 5.75 Å². The summed E-state index contributed by atoms with van der Waals surface area (Å²) in [6.45, 7) is 6.64. The van der Waals surface area contributed by atoms with Crippen LogP contribution in [0.2, 0.25) is 0 Å². The van der Waals surface area contributed by atoms with E-state index in [2.05, 4.69) is 33.8 Å². The summed E-state index contributed by atoms with van der Waals surface area (Å²) in [6, 6.07) is 10.3. The van der Waals surface area contributed by atoms with E-state index < -0.39 is 5.60 Å². The summed E-state index contributed by atoms with van der Waals surface area (Å²) in [6.07, 6.45) is 8.38. The van der Waals surface area contributed by atoms with Gasteiger partial charge in [-0.1, -0.05) is 6.42 Å². The van der Waals surface area contributed by atoms with Gasteiger partial charge in [-0.15, -0.1) is 0 Å². The number of carbonyl (C=O) groups excluding carboxylic acids is 1. The fourth-order valence-electron chi connectivity index (χ4n) is 4.18. The molecule has 0 radical (unpaired) electrons. The predicted molar refractivity (Wildman–Crippen MR) is 114 cm³/mol. The molecular weight excluding hydrogens is 364 g/mol. The Labute approximate surface area is 171 Å². The van der Waals surface area contributed by atoms with Crippen LogP contribution in [0, 0.1) is 0 Å². The minimum Gasteiger partial charge on any atom is -0.476 e. The summed E-state index contributed by atoms with van der Waals surface area (Å²) in [5, 5.41) is 1.22. The molecule has 2 aromatic heterocycles. The first-order valence-electron chi connectivity index (χ1n) is 10.4. The Kier molecular flexibility index (Phi) is 5.31. The van der Waals surface area contributed by atoms with E-state index >= 15 is 0 Å². The summed E-state index contributed by atoms with van der Waals surface area (Å²) in [5.74, 6) is 0.327. The van der Waals surface area contributed by atoms with Crippen molar-refractivity contribution in [3.63, 3.8) is 0 Å². The SMILES string of the molecule is CCOC(=O)C(C)(C)Oc1ccc2c(-c3ccncc3)c3n(c2c1)CCCCC3. The van der Waals surface area contributed by atoms with E-state index in [-0.39, 0.29) is 5.97 Å². The molecule has 0 aliphatic carbocycles. The fraction of sp³-hybridized carbons (Fsp3) is 0.417. The van der Waals surface area contributed by atoms with Gasteiger partial charge in [0.15, 0.2) is 5.60 Å². The average molecular weight is 392 g/mol. The third-order valence-electron chi connectivity index (χ3n) is 5.55. The van der Waals surface area contributed by atoms with Crippen molar-refractivity contribution in [2.24, 2.45) is 0 Å². The topological polar surface area (TPSA) is 53.4 Å². The van der Waals surface area contributed by atoms with Crippen molar-refractivity contribution >= 4 is 16.9 Å². The number of hydrogen-bond acceptors (Lipinski definition) is 4. The molecule has 5 heteroatoms. The molecule has 0 amide bonds. The van der Waals surface area contributed by atoms with Gasteiger partial charge < -0.3 is 14.0 Å². The molecule has 0 unspecified atom stereocenters. The zero-order chi connectivity index (χ0) is 20.4. The Hall–Kier alpha value is -2.82. The Morgan fingerprint density at radius 2 is 1.93 bits per heavy atom. The van der Waals surface area contributed by atoms with Crippen LogP contribution < -0.4 is 4.74 Å². The number of benzene rings is 1. The smallest absolute Gasteiger partial charge is 0.349 e. The highest BCUT2D eigenvalue weighted by molar-refractivity contribution is 5.99. The molecule has 0 spiro atoms. The van der Waals surface area contributed by atoms with Crippen LogP contribution in [-0.4, -0.2) is 27.7 Å². The van der Waals surface area contributed by atoms with Gasteiger partial charge >= 0.3 is 5.97 Å². The zero-order valence-corrected chi connectivity index (χ0v) is 17.4. The summed E-state index contributed by atoms with van der Waals surface area (Å²) in [4.78, 5) is 16.4. The van der Waals surface area contributed by atoms with Crippen LogP contribution in [0.1, 0.15) is 45.7 Å². The molecule has 1 aromatic carbocycles. The molecule has 1 aliphatic rings. The third kappa shape index (κ3) is 3.74. The number of pyridine rings is 1. The highest BCUT2D eigenvalue weighted by Gasteiger charge is 2.32. The van der Waals surface area contributed by atoms with Crippen molar-refractivity contribution in [2.75, 3.05) is 6.61 Å². The molecule has 29 heavy (non-hydrogen) atoms. The number of fused-ring (bicyclic) bond motifs is 3. The maximum Gasteiger partial charge on any atom is 0.349 e. The van der Waals surface area contributed by atoms with Crippen molar-refractivity contribution in [2.45, 2.75) is 58.6 Å². The number of aryl methyl sites for hydroxylation is 1. The van der Waals surface area contributed by atoms with Gasteiger partial charge in [0.1, 0.15) is 5.75 Å². The van der Waals surface area contributed by atoms with Gasteiger partial charge in [-0.25, -0.2) is 4.79 Å². The Morgan fingerprint density at radius 1 is 1.14 bits per heavy atom. The van der Waals surface area contributed by atoms with E-state index in [0.29, 0.717) is 12.4 Å². The van der Waals surface area contributed by atoms with Crippen molar-refractivity contribution in [1.29, 1.82) is 0 Å². The molecule has 0 saturated heterocycles. The molecule has 1 aliphatic heterocycles. The van der Waals surface area contributed by atoms with Gasteiger partial charge in [-0.3, -0.25) is 4.98 Å². The lowest BCUT2D eigenvalue weighted by molar-refractivity contribution is -0.158. The highest BCUT2D eigenvalue weighted by Crippen LogP contribution is 2.39. The Balaban J connectivity index is 1.81. The second kappa shape index (κ2) is 7.90. The minimum atomic E-state index is -1.04. The molecule has 0 N–H and O–H groups in total. The maximum absolute atomic E-state index is 12.2. The van der Waals surface area contributed by atoms with Gasteiger partial charge in [-0.2, -0.15) is 0 Å². The van der Waals surface area contributed by atoms with Gasteiger partial charge in [0.05, 0.1) is 12.1 Å². The molecule has 3 aromatic rings. The second-order valence-electron chi connectivity index (χ2n) is 8.03. The van der Waals surface area contributed by atoms with Gasteiger partial charge in [-0.05, 0) is 69.9 Å². The van der Waals surface area contributed by atoms with Gasteiger partial charge in [0.2, 0.25) is 0 Å². The quantitative estimate of drug-likeness (QED) is 0.564. The molecule has 0 fully saturated rings. The van der Waals surface area contributed by atoms with Crippen LogP contribution >= 0.6 is 0 Å². The van der Waals surface area contributed by atoms with E-state index in [0.717, 1.165) is 18.5 Å². The minimum absolute atomic E-state index is 0.339. The first-order valence-corrected chi connectivity index (χ1v) is 10.4. The summed E-state index contributed by atoms with van der Waals surface area (Å²) in [7, 11) is 0. The van der Waals surface area contributed by atoms with Gasteiger partial charge in [0, 0.05) is 41.6 Å². The normalized spacial score (nSPS) is 14.3. The van der Waals surface area contributed by atoms with E-state index in [1.54, 1.807) is 20.8 Å². The van der Waals surface area contributed by atoms with Crippen LogP contribution in [0.15, 0.2) is 42.7 Å². The zero-order valence-electron chi connectivity index (χ0n) is 17.4. The van der Waals surface area contributed by atoms with E-state index in [4.69, 9.17) is 9.47 Å². The lowest BCUT2D eigenvalue weighted by Crippen LogP contribution is -2.39. The fourth-order valence-corrected chi connectivity index (χ4v) is 4.18. The van der Waals surface area contributed by atoms with E-state index in [1.165, 1.54) is 41.5 Å². The standard InChI is InChI=1S/C24H28N2O3/c1-4-28-23(27)24(2,3)29-18-9-10-19-21(16-18)26-15-7-5-6-8-20(26)22(19)17-11-13-25-14-12-17/h9-14,16H,4-8,15H2,1-3H3. The predicted octanol–water partition coefficient (Wildman–Crippen LogP) is 5.15. The van der Waals surface area contributed by atoms with E-state index in [1.807, 2.05) is 18.5 Å². The van der Waals surface area contributed by atoms with Crippen molar-refractivity contribution in [1.82, 2.24) is 9.55 Å². The number of rotatable bonds is 5. The number of hydrogen-bond donors (Lipinski definition) is 0. The first kappa shape index (κ1) is 19.5. The molecule has 0 bridgehead atoms. The van der Waals surface area contributed by atoms with Crippen molar-refractivity contribution in [3.05, 3.63) is 48.4 Å². The monoisotopic (exact) mass is 392 g/mol. The van der Waals surface area contributed by atoms with Crippen LogP contribution in [0.3, 0.4) is 0 Å². The largest absolute Gasteiger partial charge is 0.476 e. The number of nitrogens with zero attached hydrogens (tertiary/aromatic N) is 2. The summed E-state index contributed by atoms with van der Waals surface area (Å²) >= 11 is 0. The van der Waals surface area contributed by atoms with Crippen LogP contribution in [0.4, 0.5) is 0 Å². The first-order chi connectivity index (χ1) is 14.0. The summed E-state index contributed by atoms with van der Waals surface area (Å²) in [5.41, 5.74) is 3.99. The molecule has 3 heterocycles. The van der Waals surface area contributed by atoms with Gasteiger partial charge in [0.25, 0.3) is 0 Å². The van der Waals surface area contributed by atoms with E-state index in [9.17, 15) is 4.79 Å². The number of ether oxygens (including phenoxy) is 2. The lowest BCUT2D eigenvalue weighted by atomic mass is 10.0.